The molecule has 1 saturated carbocycles. The zero-order valence-corrected chi connectivity index (χ0v) is 28.2. The van der Waals surface area contributed by atoms with Crippen LogP contribution in [0.3, 0.4) is 0 Å². The molecule has 0 spiro atoms. The smallest absolute Gasteiger partial charge is 0.410 e. The molecule has 17 nitrogen and oxygen atoms in total. The first-order valence-electron chi connectivity index (χ1n) is 16.8. The van der Waals surface area contributed by atoms with Gasteiger partial charge in [-0.2, -0.15) is 0 Å². The molecule has 0 bridgehead atoms. The molecule has 0 aromatic heterocycles. The number of rotatable bonds is 15. The fraction of sp³-hybridized carbons (Fsp3) is 0.457. The summed E-state index contributed by atoms with van der Waals surface area (Å²) in [6.45, 7) is 0.437. The summed E-state index contributed by atoms with van der Waals surface area (Å²) < 4.78 is 24.8. The van der Waals surface area contributed by atoms with Crippen LogP contribution >= 0.6 is 0 Å². The predicted octanol–water partition coefficient (Wildman–Crippen LogP) is 6.46. The van der Waals surface area contributed by atoms with E-state index in [1.54, 1.807) is 4.90 Å². The van der Waals surface area contributed by atoms with E-state index in [2.05, 4.69) is 30.1 Å². The van der Waals surface area contributed by atoms with Crippen LogP contribution in [0.5, 0.6) is 0 Å². The number of ether oxygens (including phenoxy) is 4. The number of benzene rings is 3. The average Bonchev–Trinajstić information content (AvgIpc) is 3.17. The van der Waals surface area contributed by atoms with Gasteiger partial charge in [0.2, 0.25) is 0 Å². The van der Waals surface area contributed by atoms with Crippen molar-refractivity contribution in [2.45, 2.75) is 93.9 Å². The van der Waals surface area contributed by atoms with Crippen molar-refractivity contribution >= 4 is 6.09 Å². The molecule has 2 fully saturated rings. The van der Waals surface area contributed by atoms with E-state index in [9.17, 15) is 26.1 Å². The largest absolute Gasteiger partial charge is 0.445 e. The van der Waals surface area contributed by atoms with Crippen molar-refractivity contribution in [2.24, 2.45) is 15.3 Å². The molecule has 1 aliphatic carbocycles. The Morgan fingerprint density at radius 1 is 0.769 bits per heavy atom. The van der Waals surface area contributed by atoms with Gasteiger partial charge in [-0.15, -0.1) is 0 Å². The molecule has 1 unspecified atom stereocenters. The van der Waals surface area contributed by atoms with Gasteiger partial charge in [0, 0.05) is 21.3 Å². The van der Waals surface area contributed by atoms with E-state index in [-0.39, 0.29) is 39.2 Å². The average molecular weight is 713 g/mol. The van der Waals surface area contributed by atoms with Gasteiger partial charge in [0.1, 0.15) is 12.7 Å². The van der Waals surface area contributed by atoms with E-state index in [0.717, 1.165) is 16.7 Å². The van der Waals surface area contributed by atoms with Crippen LogP contribution in [-0.4, -0.2) is 82.7 Å². The van der Waals surface area contributed by atoms with E-state index in [1.807, 2.05) is 91.0 Å². The molecule has 9 atom stereocenters. The summed E-state index contributed by atoms with van der Waals surface area (Å²) in [7, 11) is 0. The summed E-state index contributed by atoms with van der Waals surface area (Å²) in [5, 5.41) is 33.0. The van der Waals surface area contributed by atoms with Crippen LogP contribution in [0.25, 0.3) is 31.3 Å². The van der Waals surface area contributed by atoms with Crippen molar-refractivity contribution in [1.29, 1.82) is 0 Å². The van der Waals surface area contributed by atoms with Crippen LogP contribution in [-0.2, 0) is 38.7 Å². The summed E-state index contributed by atoms with van der Waals surface area (Å²) in [6, 6.07) is 24.4. The molecule has 52 heavy (non-hydrogen) atoms. The van der Waals surface area contributed by atoms with E-state index in [0.29, 0.717) is 6.42 Å². The zero-order valence-electron chi connectivity index (χ0n) is 28.2. The lowest BCUT2D eigenvalue weighted by Gasteiger charge is -2.45. The van der Waals surface area contributed by atoms with Crippen LogP contribution in [0.15, 0.2) is 106 Å². The molecule has 1 amide bonds. The first-order valence-corrected chi connectivity index (χ1v) is 16.8. The second-order valence-corrected chi connectivity index (χ2v) is 12.5. The maximum Gasteiger partial charge on any atom is 0.410 e. The molecular weight excluding hydrogens is 672 g/mol. The second-order valence-electron chi connectivity index (χ2n) is 12.5. The van der Waals surface area contributed by atoms with Crippen molar-refractivity contribution in [3.8, 4) is 0 Å². The van der Waals surface area contributed by atoms with E-state index >= 15 is 0 Å². The predicted molar refractivity (Wildman–Crippen MR) is 187 cm³/mol. The minimum Gasteiger partial charge on any atom is -0.445 e. The van der Waals surface area contributed by atoms with E-state index in [4.69, 9.17) is 24.5 Å². The number of nitrogens with zero attached hydrogens (tertiary/aromatic N) is 10. The Bertz CT molecular complexity index is 1720. The van der Waals surface area contributed by atoms with Gasteiger partial charge in [0.15, 0.2) is 6.29 Å². The van der Waals surface area contributed by atoms with Gasteiger partial charge in [0.25, 0.3) is 0 Å². The van der Waals surface area contributed by atoms with Crippen LogP contribution in [0, 0.1) is 0 Å². The zero-order chi connectivity index (χ0) is 36.7. The molecule has 3 aromatic rings. The first-order chi connectivity index (χ1) is 25.4. The molecule has 1 aliphatic heterocycles. The molecule has 5 rings (SSSR count). The third kappa shape index (κ3) is 10.1. The summed E-state index contributed by atoms with van der Waals surface area (Å²) in [5.74, 6) is 0. The second kappa shape index (κ2) is 19.3. The summed E-state index contributed by atoms with van der Waals surface area (Å²) in [5.41, 5.74) is 30.2. The standard InChI is InChI=1S/C35H40N10O7/c36-42-39-26-16-17-30(51-34(26)52-33-28(41-44-38)18-27(40-43-37)31(46)32(33)47)29(22-49-20-24-12-6-2-7-13-24)45(19-23-10-4-1-5-11-23)35(48)50-21-25-14-8-3-9-15-25/h1-15,26-34,46-47H,16-22H2/t26?,27-,28+,29-,30+,31+,32-,33-,34-/m1/s1. The van der Waals surface area contributed by atoms with Crippen molar-refractivity contribution in [1.82, 2.24) is 4.90 Å². The lowest BCUT2D eigenvalue weighted by molar-refractivity contribution is -0.262. The van der Waals surface area contributed by atoms with Gasteiger partial charge in [0.05, 0.1) is 55.7 Å². The Kier molecular flexibility index (Phi) is 14.1. The van der Waals surface area contributed by atoms with E-state index in [1.165, 1.54) is 0 Å². The van der Waals surface area contributed by atoms with Gasteiger partial charge < -0.3 is 29.2 Å². The Balaban J connectivity index is 1.45. The Labute approximate surface area is 299 Å². The van der Waals surface area contributed by atoms with Crippen molar-refractivity contribution in [2.75, 3.05) is 6.61 Å². The van der Waals surface area contributed by atoms with Gasteiger partial charge in [-0.1, -0.05) is 106 Å². The van der Waals surface area contributed by atoms with Gasteiger partial charge in [-0.25, -0.2) is 4.79 Å². The number of carbonyl (C=O) groups is 1. The lowest BCUT2D eigenvalue weighted by atomic mass is 9.84. The fourth-order valence-corrected chi connectivity index (χ4v) is 6.41. The minimum absolute atomic E-state index is 0.0195. The van der Waals surface area contributed by atoms with Gasteiger partial charge in [-0.3, -0.25) is 4.90 Å². The highest BCUT2D eigenvalue weighted by Crippen LogP contribution is 2.34. The molecule has 272 valence electrons. The van der Waals surface area contributed by atoms with Crippen molar-refractivity contribution in [3.05, 3.63) is 139 Å². The summed E-state index contributed by atoms with van der Waals surface area (Å²) in [6.07, 6.45) is -6.74. The number of aliphatic hydroxyl groups is 2. The molecule has 2 N–H and O–H groups in total. The highest BCUT2D eigenvalue weighted by Gasteiger charge is 2.47. The van der Waals surface area contributed by atoms with Gasteiger partial charge in [-0.05, 0) is 52.5 Å². The highest BCUT2D eigenvalue weighted by atomic mass is 16.7. The van der Waals surface area contributed by atoms with Crippen LogP contribution in [0.2, 0.25) is 0 Å². The number of azide groups is 3. The summed E-state index contributed by atoms with van der Waals surface area (Å²) >= 11 is 0. The van der Waals surface area contributed by atoms with Gasteiger partial charge >= 0.3 is 6.09 Å². The molecule has 1 heterocycles. The maximum atomic E-state index is 14.0. The molecular formula is C35H40N10O7. The van der Waals surface area contributed by atoms with E-state index < -0.39 is 61.0 Å². The minimum atomic E-state index is -1.65. The Hall–Kier alpha value is -5.34. The van der Waals surface area contributed by atoms with Crippen molar-refractivity contribution < 1.29 is 34.0 Å². The van der Waals surface area contributed by atoms with Crippen LogP contribution < -0.4 is 0 Å². The number of hydrogen-bond donors (Lipinski definition) is 2. The number of carbonyl (C=O) groups excluding carboxylic acids is 1. The quantitative estimate of drug-likeness (QED) is 0.101. The SMILES string of the molecule is [N-]=[N+]=NC1CC[C@@H]([C@@H](COCc2ccccc2)N(Cc2ccccc2)C(=O)OCc2ccccc2)O[C@@H]1O[C@H]1[C@H](O)[C@@H](O)[C@H](N=[N+]=[N-])C[C@@H]1N=[N+]=[N-]. The number of amides is 1. The monoisotopic (exact) mass is 712 g/mol. The van der Waals surface area contributed by atoms with Crippen LogP contribution in [0.1, 0.15) is 36.0 Å². The maximum absolute atomic E-state index is 14.0. The molecule has 2 aliphatic rings. The fourth-order valence-electron chi connectivity index (χ4n) is 6.41. The molecule has 17 heteroatoms. The van der Waals surface area contributed by atoms with Crippen molar-refractivity contribution in [3.63, 3.8) is 0 Å². The first kappa shape index (κ1) is 37.9. The molecule has 0 radical (unpaired) electrons. The Morgan fingerprint density at radius 2 is 1.33 bits per heavy atom. The number of aliphatic hydroxyl groups excluding tert-OH is 2. The molecule has 3 aromatic carbocycles. The Morgan fingerprint density at radius 3 is 1.94 bits per heavy atom. The third-order valence-corrected chi connectivity index (χ3v) is 9.07. The normalized spacial score (nSPS) is 26.0. The highest BCUT2D eigenvalue weighted by molar-refractivity contribution is 5.68. The number of hydrogen-bond acceptors (Lipinski definition) is 10. The lowest BCUT2D eigenvalue weighted by Crippen LogP contribution is -2.59. The third-order valence-electron chi connectivity index (χ3n) is 9.07. The summed E-state index contributed by atoms with van der Waals surface area (Å²) in [4.78, 5) is 24.1. The molecule has 1 saturated heterocycles. The van der Waals surface area contributed by atoms with Crippen LogP contribution in [0.4, 0.5) is 4.79 Å². The topological polar surface area (TPSA) is 244 Å².